The lowest BCUT2D eigenvalue weighted by Crippen LogP contribution is -2.41. The molecule has 4 heteroatoms. The zero-order chi connectivity index (χ0) is 14.6. The number of nitrogens with zero attached hydrogens (tertiary/aromatic N) is 1. The molecule has 0 N–H and O–H groups in total. The van der Waals surface area contributed by atoms with Crippen molar-refractivity contribution in [3.05, 3.63) is 28.3 Å². The zero-order valence-electron chi connectivity index (χ0n) is 12.3. The molecule has 1 aromatic rings. The van der Waals surface area contributed by atoms with Crippen LogP contribution in [0.1, 0.15) is 31.9 Å². The molecule has 0 saturated carbocycles. The molecule has 0 fully saturated rings. The van der Waals surface area contributed by atoms with Crippen molar-refractivity contribution in [1.82, 2.24) is 0 Å². The molecule has 0 bridgehead atoms. The van der Waals surface area contributed by atoms with Crippen LogP contribution < -0.4 is 4.90 Å². The number of hydrogen-bond acceptors (Lipinski definition) is 2. The molecule has 0 heterocycles. The monoisotopic (exact) mass is 283 g/mol. The van der Waals surface area contributed by atoms with Crippen molar-refractivity contribution in [3.8, 4) is 0 Å². The van der Waals surface area contributed by atoms with E-state index in [0.29, 0.717) is 11.6 Å². The molecule has 0 saturated heterocycles. The number of rotatable bonds is 5. The third kappa shape index (κ3) is 3.48. The normalized spacial score (nSPS) is 12.3. The quantitative estimate of drug-likeness (QED) is 0.826. The fourth-order valence-electron chi connectivity index (χ4n) is 2.40. The van der Waals surface area contributed by atoms with E-state index in [0.717, 1.165) is 23.2 Å². The zero-order valence-corrected chi connectivity index (χ0v) is 13.0. The number of halogens is 1. The van der Waals surface area contributed by atoms with Crippen LogP contribution in [-0.2, 0) is 16.0 Å². The standard InChI is InChI=1S/C15H22ClNO2/c1-6-13-14(16)8-7-10(2)15(13)17(12(4)18)11(3)9-19-5/h7-8,11H,6,9H2,1-5H3/t11-/m0/s1. The van der Waals surface area contributed by atoms with E-state index in [1.165, 1.54) is 0 Å². The Morgan fingerprint density at radius 2 is 2.11 bits per heavy atom. The Morgan fingerprint density at radius 1 is 1.47 bits per heavy atom. The SMILES string of the molecule is CCc1c(Cl)ccc(C)c1N(C(C)=O)[C@@H](C)COC. The summed E-state index contributed by atoms with van der Waals surface area (Å²) in [5.41, 5.74) is 2.99. The lowest BCUT2D eigenvalue weighted by atomic mass is 10.0. The predicted molar refractivity (Wildman–Crippen MR) is 80.1 cm³/mol. The molecule has 19 heavy (non-hydrogen) atoms. The van der Waals surface area contributed by atoms with Gasteiger partial charge in [0.25, 0.3) is 0 Å². The topological polar surface area (TPSA) is 29.5 Å². The van der Waals surface area contributed by atoms with E-state index in [4.69, 9.17) is 16.3 Å². The highest BCUT2D eigenvalue weighted by Crippen LogP contribution is 2.33. The number of amides is 1. The van der Waals surface area contributed by atoms with Crippen LogP contribution in [0.2, 0.25) is 5.02 Å². The molecule has 106 valence electrons. The molecule has 0 aliphatic carbocycles. The van der Waals surface area contributed by atoms with Crippen molar-refractivity contribution in [2.45, 2.75) is 40.2 Å². The summed E-state index contributed by atoms with van der Waals surface area (Å²) in [4.78, 5) is 13.8. The minimum Gasteiger partial charge on any atom is -0.383 e. The van der Waals surface area contributed by atoms with E-state index in [2.05, 4.69) is 0 Å². The highest BCUT2D eigenvalue weighted by atomic mass is 35.5. The second kappa shape index (κ2) is 6.92. The van der Waals surface area contributed by atoms with E-state index >= 15 is 0 Å². The van der Waals surface area contributed by atoms with E-state index in [1.54, 1.807) is 18.9 Å². The van der Waals surface area contributed by atoms with Crippen molar-refractivity contribution in [2.75, 3.05) is 18.6 Å². The van der Waals surface area contributed by atoms with Gasteiger partial charge < -0.3 is 9.64 Å². The van der Waals surface area contributed by atoms with Crippen LogP contribution in [0, 0.1) is 6.92 Å². The van der Waals surface area contributed by atoms with Gasteiger partial charge in [-0.2, -0.15) is 0 Å². The fourth-order valence-corrected chi connectivity index (χ4v) is 2.69. The third-order valence-corrected chi connectivity index (χ3v) is 3.56. The molecule has 1 amide bonds. The molecule has 0 aliphatic heterocycles. The van der Waals surface area contributed by atoms with E-state index in [9.17, 15) is 4.79 Å². The smallest absolute Gasteiger partial charge is 0.224 e. The van der Waals surface area contributed by atoms with Gasteiger partial charge in [0, 0.05) is 19.1 Å². The molecule has 0 radical (unpaired) electrons. The van der Waals surface area contributed by atoms with Crippen molar-refractivity contribution < 1.29 is 9.53 Å². The van der Waals surface area contributed by atoms with Crippen molar-refractivity contribution >= 4 is 23.2 Å². The first kappa shape index (κ1) is 16.0. The number of hydrogen-bond donors (Lipinski definition) is 0. The average molecular weight is 284 g/mol. The third-order valence-electron chi connectivity index (χ3n) is 3.21. The Bertz CT molecular complexity index is 460. The largest absolute Gasteiger partial charge is 0.383 e. The summed E-state index contributed by atoms with van der Waals surface area (Å²) in [5.74, 6) is 0.00427. The number of aryl methyl sites for hydroxylation is 1. The highest BCUT2D eigenvalue weighted by molar-refractivity contribution is 6.32. The Morgan fingerprint density at radius 3 is 2.58 bits per heavy atom. The van der Waals surface area contributed by atoms with Crippen LogP contribution in [0.15, 0.2) is 12.1 Å². The molecule has 0 unspecified atom stereocenters. The average Bonchev–Trinajstić information content (AvgIpc) is 2.34. The molecular weight excluding hydrogens is 262 g/mol. The summed E-state index contributed by atoms with van der Waals surface area (Å²) < 4.78 is 5.17. The van der Waals surface area contributed by atoms with Gasteiger partial charge in [-0.3, -0.25) is 4.79 Å². The molecule has 1 aromatic carbocycles. The first-order chi connectivity index (χ1) is 8.93. The van der Waals surface area contributed by atoms with Gasteiger partial charge in [0.2, 0.25) is 5.91 Å². The van der Waals surface area contributed by atoms with Crippen molar-refractivity contribution in [1.29, 1.82) is 0 Å². The van der Waals surface area contributed by atoms with Crippen LogP contribution in [0.3, 0.4) is 0 Å². The Labute approximate surface area is 120 Å². The summed E-state index contributed by atoms with van der Waals surface area (Å²) in [6, 6.07) is 3.81. The van der Waals surface area contributed by atoms with Gasteiger partial charge in [-0.1, -0.05) is 24.6 Å². The van der Waals surface area contributed by atoms with E-state index < -0.39 is 0 Å². The van der Waals surface area contributed by atoms with Crippen molar-refractivity contribution in [2.24, 2.45) is 0 Å². The second-order valence-corrected chi connectivity index (χ2v) is 5.15. The minimum atomic E-state index is -0.0232. The second-order valence-electron chi connectivity index (χ2n) is 4.74. The molecule has 3 nitrogen and oxygen atoms in total. The predicted octanol–water partition coefficient (Wildman–Crippen LogP) is 3.60. The number of anilines is 1. The summed E-state index contributed by atoms with van der Waals surface area (Å²) >= 11 is 6.26. The number of carbonyl (C=O) groups is 1. The number of carbonyl (C=O) groups excluding carboxylic acids is 1. The first-order valence-corrected chi connectivity index (χ1v) is 6.88. The first-order valence-electron chi connectivity index (χ1n) is 6.50. The molecule has 0 aliphatic rings. The summed E-state index contributed by atoms with van der Waals surface area (Å²) in [6.45, 7) is 8.09. The number of methoxy groups -OCH3 is 1. The maximum Gasteiger partial charge on any atom is 0.224 e. The number of ether oxygens (including phenoxy) is 1. The van der Waals surface area contributed by atoms with Gasteiger partial charge in [-0.15, -0.1) is 0 Å². The van der Waals surface area contributed by atoms with E-state index in [1.807, 2.05) is 32.9 Å². The maximum absolute atomic E-state index is 12.0. The van der Waals surface area contributed by atoms with Gasteiger partial charge in [-0.05, 0) is 37.5 Å². The van der Waals surface area contributed by atoms with Gasteiger partial charge >= 0.3 is 0 Å². The summed E-state index contributed by atoms with van der Waals surface area (Å²) in [5, 5.41) is 0.707. The number of benzene rings is 1. The summed E-state index contributed by atoms with van der Waals surface area (Å²) in [6.07, 6.45) is 0.791. The molecule has 0 spiro atoms. The van der Waals surface area contributed by atoms with Crippen LogP contribution >= 0.6 is 11.6 Å². The van der Waals surface area contributed by atoms with E-state index in [-0.39, 0.29) is 11.9 Å². The maximum atomic E-state index is 12.0. The van der Waals surface area contributed by atoms with Crippen LogP contribution in [0.4, 0.5) is 5.69 Å². The van der Waals surface area contributed by atoms with Crippen LogP contribution in [0.5, 0.6) is 0 Å². The Balaban J connectivity index is 3.37. The van der Waals surface area contributed by atoms with Crippen LogP contribution in [-0.4, -0.2) is 25.7 Å². The highest BCUT2D eigenvalue weighted by Gasteiger charge is 2.23. The molecule has 1 atom stereocenters. The minimum absolute atomic E-state index is 0.00427. The van der Waals surface area contributed by atoms with Gasteiger partial charge in [0.05, 0.1) is 18.3 Å². The van der Waals surface area contributed by atoms with Gasteiger partial charge in [-0.25, -0.2) is 0 Å². The van der Waals surface area contributed by atoms with Crippen molar-refractivity contribution in [3.63, 3.8) is 0 Å². The molecule has 0 aromatic heterocycles. The van der Waals surface area contributed by atoms with Crippen LogP contribution in [0.25, 0.3) is 0 Å². The summed E-state index contributed by atoms with van der Waals surface area (Å²) in [7, 11) is 1.64. The Kier molecular flexibility index (Phi) is 5.83. The molecule has 1 rings (SSSR count). The molecular formula is C15H22ClNO2. The Hall–Kier alpha value is -1.06. The lowest BCUT2D eigenvalue weighted by molar-refractivity contribution is -0.117. The fraction of sp³-hybridized carbons (Fsp3) is 0.533. The lowest BCUT2D eigenvalue weighted by Gasteiger charge is -2.31. The van der Waals surface area contributed by atoms with Gasteiger partial charge in [0.1, 0.15) is 0 Å². The van der Waals surface area contributed by atoms with Gasteiger partial charge in [0.15, 0.2) is 0 Å².